The maximum Gasteiger partial charge on any atom is 0.203 e. The van der Waals surface area contributed by atoms with Gasteiger partial charge in [0.2, 0.25) is 11.5 Å². The van der Waals surface area contributed by atoms with Gasteiger partial charge < -0.3 is 28.4 Å². The van der Waals surface area contributed by atoms with Gasteiger partial charge in [0, 0.05) is 0 Å². The molecule has 158 valence electrons. The van der Waals surface area contributed by atoms with E-state index in [0.717, 1.165) is 11.1 Å². The molecule has 0 amide bonds. The molecule has 2 aromatic carbocycles. The van der Waals surface area contributed by atoms with Gasteiger partial charge in [-0.2, -0.15) is 0 Å². The predicted molar refractivity (Wildman–Crippen MR) is 115 cm³/mol. The van der Waals surface area contributed by atoms with E-state index in [1.54, 1.807) is 66.9 Å². The second kappa shape index (κ2) is 10.2. The monoisotopic (exact) mass is 410 g/mol. The highest BCUT2D eigenvalue weighted by atomic mass is 16.5. The number of hydrogen-bond acceptors (Lipinski definition) is 6. The minimum absolute atomic E-state index is 0.476. The molecule has 30 heavy (non-hydrogen) atoms. The van der Waals surface area contributed by atoms with E-state index >= 15 is 0 Å². The van der Waals surface area contributed by atoms with Crippen molar-refractivity contribution in [1.82, 2.24) is 0 Å². The Kier molecular flexibility index (Phi) is 7.72. The summed E-state index contributed by atoms with van der Waals surface area (Å²) in [6.07, 6.45) is 11.8. The predicted octanol–water partition coefficient (Wildman–Crippen LogP) is 3.87. The molecule has 2 aromatic rings. The highest BCUT2D eigenvalue weighted by molar-refractivity contribution is 5.59. The number of hydrogen-bond donors (Lipinski definition) is 0. The molecule has 0 N–H and O–H groups in total. The van der Waals surface area contributed by atoms with Crippen molar-refractivity contribution >= 4 is 0 Å². The summed E-state index contributed by atoms with van der Waals surface area (Å²) in [5.74, 6) is 7.57. The molecule has 2 atom stereocenters. The molecule has 0 saturated carbocycles. The van der Waals surface area contributed by atoms with E-state index in [1.807, 2.05) is 0 Å². The average Bonchev–Trinajstić information content (AvgIpc) is 2.80. The molecular weight excluding hydrogens is 384 g/mol. The fraction of sp³-hybridized carbons (Fsp3) is 0.333. The number of benzene rings is 2. The van der Waals surface area contributed by atoms with Gasteiger partial charge in [0.15, 0.2) is 23.0 Å². The van der Waals surface area contributed by atoms with Gasteiger partial charge in [0.25, 0.3) is 0 Å². The number of terminal acetylenes is 2. The molecule has 0 bridgehead atoms. The van der Waals surface area contributed by atoms with Crippen LogP contribution < -0.4 is 28.4 Å². The Bertz CT molecular complexity index is 837. The Morgan fingerprint density at radius 3 is 0.967 bits per heavy atom. The Morgan fingerprint density at radius 1 is 0.533 bits per heavy atom. The Balaban J connectivity index is 2.65. The van der Waals surface area contributed by atoms with Crippen LogP contribution in [0, 0.1) is 24.7 Å². The Hall–Kier alpha value is -3.64. The van der Waals surface area contributed by atoms with E-state index in [9.17, 15) is 0 Å². The van der Waals surface area contributed by atoms with Crippen LogP contribution in [0.3, 0.4) is 0 Å². The van der Waals surface area contributed by atoms with Crippen LogP contribution in [0.25, 0.3) is 0 Å². The second-order valence-electron chi connectivity index (χ2n) is 6.21. The van der Waals surface area contributed by atoms with Crippen molar-refractivity contribution in [2.24, 2.45) is 0 Å². The van der Waals surface area contributed by atoms with E-state index in [-0.39, 0.29) is 0 Å². The molecule has 0 saturated heterocycles. The van der Waals surface area contributed by atoms with Gasteiger partial charge in [-0.1, -0.05) is 11.8 Å². The SMILES string of the molecule is C#C[C@H](c1cc(OC)c(OC)c(OC)c1)[C@H](C#C)c1cc(OC)c(OC)c(OC)c1. The van der Waals surface area contributed by atoms with Crippen molar-refractivity contribution < 1.29 is 28.4 Å². The molecule has 0 heterocycles. The van der Waals surface area contributed by atoms with Crippen LogP contribution in [-0.2, 0) is 0 Å². The number of methoxy groups -OCH3 is 6. The summed E-state index contributed by atoms with van der Waals surface area (Å²) in [6, 6.07) is 7.20. The molecule has 0 unspecified atom stereocenters. The number of ether oxygens (including phenoxy) is 6. The van der Waals surface area contributed by atoms with Gasteiger partial charge >= 0.3 is 0 Å². The molecular formula is C24H26O6. The van der Waals surface area contributed by atoms with Crippen molar-refractivity contribution in [3.8, 4) is 59.2 Å². The highest BCUT2D eigenvalue weighted by Crippen LogP contribution is 2.45. The van der Waals surface area contributed by atoms with Gasteiger partial charge in [0.1, 0.15) is 0 Å². The third-order valence-corrected chi connectivity index (χ3v) is 4.78. The van der Waals surface area contributed by atoms with E-state index in [4.69, 9.17) is 41.3 Å². The van der Waals surface area contributed by atoms with E-state index in [2.05, 4.69) is 11.8 Å². The molecule has 2 rings (SSSR count). The van der Waals surface area contributed by atoms with Crippen molar-refractivity contribution in [2.75, 3.05) is 42.7 Å². The normalized spacial score (nSPS) is 12.0. The van der Waals surface area contributed by atoms with Gasteiger partial charge in [-0.15, -0.1) is 12.8 Å². The summed E-state index contributed by atoms with van der Waals surface area (Å²) in [5, 5.41) is 0. The number of rotatable bonds is 9. The van der Waals surface area contributed by atoms with Crippen molar-refractivity contribution in [3.63, 3.8) is 0 Å². The van der Waals surface area contributed by atoms with Gasteiger partial charge in [-0.25, -0.2) is 0 Å². The van der Waals surface area contributed by atoms with Gasteiger partial charge in [0.05, 0.1) is 54.5 Å². The van der Waals surface area contributed by atoms with Crippen LogP contribution in [0.4, 0.5) is 0 Å². The molecule has 0 aliphatic heterocycles. The topological polar surface area (TPSA) is 55.4 Å². The minimum Gasteiger partial charge on any atom is -0.493 e. The maximum absolute atomic E-state index is 5.92. The van der Waals surface area contributed by atoms with E-state index in [0.29, 0.717) is 34.5 Å². The minimum atomic E-state index is -0.480. The van der Waals surface area contributed by atoms with Gasteiger partial charge in [-0.05, 0) is 35.4 Å². The van der Waals surface area contributed by atoms with Crippen LogP contribution in [0.15, 0.2) is 24.3 Å². The summed E-state index contributed by atoms with van der Waals surface area (Å²) in [5.41, 5.74) is 1.51. The lowest BCUT2D eigenvalue weighted by Crippen LogP contribution is -2.10. The van der Waals surface area contributed by atoms with Crippen LogP contribution >= 0.6 is 0 Å². The molecule has 0 aliphatic carbocycles. The van der Waals surface area contributed by atoms with Crippen molar-refractivity contribution in [3.05, 3.63) is 35.4 Å². The summed E-state index contributed by atoms with van der Waals surface area (Å²) in [4.78, 5) is 0. The highest BCUT2D eigenvalue weighted by Gasteiger charge is 2.27. The Morgan fingerprint density at radius 2 is 0.800 bits per heavy atom. The van der Waals surface area contributed by atoms with Crippen LogP contribution in [0.1, 0.15) is 23.0 Å². The zero-order valence-electron chi connectivity index (χ0n) is 18.1. The lowest BCUT2D eigenvalue weighted by Gasteiger charge is -2.23. The summed E-state index contributed by atoms with van der Waals surface area (Å²) in [6.45, 7) is 0. The molecule has 6 heteroatoms. The van der Waals surface area contributed by atoms with E-state index in [1.165, 1.54) is 0 Å². The maximum atomic E-state index is 5.92. The zero-order chi connectivity index (χ0) is 22.3. The Labute approximate surface area is 178 Å². The first kappa shape index (κ1) is 22.6. The summed E-state index contributed by atoms with van der Waals surface area (Å²) in [7, 11) is 9.26. The fourth-order valence-corrected chi connectivity index (χ4v) is 3.33. The molecule has 0 aliphatic rings. The summed E-state index contributed by atoms with van der Waals surface area (Å²) >= 11 is 0. The smallest absolute Gasteiger partial charge is 0.203 e. The first-order valence-electron chi connectivity index (χ1n) is 9.05. The lowest BCUT2D eigenvalue weighted by molar-refractivity contribution is 0.323. The molecule has 0 radical (unpaired) electrons. The first-order valence-corrected chi connectivity index (χ1v) is 9.05. The largest absolute Gasteiger partial charge is 0.493 e. The van der Waals surface area contributed by atoms with Gasteiger partial charge in [-0.3, -0.25) is 0 Å². The van der Waals surface area contributed by atoms with Crippen molar-refractivity contribution in [2.45, 2.75) is 11.8 Å². The zero-order valence-corrected chi connectivity index (χ0v) is 18.1. The standard InChI is InChI=1S/C24H26O6/c1-9-17(15-11-19(25-3)23(29-7)20(12-15)26-4)18(10-2)16-13-21(27-5)24(30-8)22(14-16)28-6/h1-2,11-14,17-18H,3-8H3/t17-,18-/m1/s1. The molecule has 0 fully saturated rings. The quantitative estimate of drug-likeness (QED) is 0.585. The lowest BCUT2D eigenvalue weighted by atomic mass is 9.82. The van der Waals surface area contributed by atoms with Crippen LogP contribution in [-0.4, -0.2) is 42.7 Å². The molecule has 6 nitrogen and oxygen atoms in total. The van der Waals surface area contributed by atoms with Crippen molar-refractivity contribution in [1.29, 1.82) is 0 Å². The molecule has 0 aromatic heterocycles. The third-order valence-electron chi connectivity index (χ3n) is 4.78. The fourth-order valence-electron chi connectivity index (χ4n) is 3.33. The first-order chi connectivity index (χ1) is 14.5. The third kappa shape index (κ3) is 4.18. The molecule has 0 spiro atoms. The van der Waals surface area contributed by atoms with E-state index < -0.39 is 11.8 Å². The average molecular weight is 410 g/mol. The van der Waals surface area contributed by atoms with Crippen LogP contribution in [0.5, 0.6) is 34.5 Å². The second-order valence-corrected chi connectivity index (χ2v) is 6.21. The van der Waals surface area contributed by atoms with Crippen LogP contribution in [0.2, 0.25) is 0 Å². The summed E-state index contributed by atoms with van der Waals surface area (Å²) < 4.78 is 32.6.